The molecule has 13 rings (SSSR count). The van der Waals surface area contributed by atoms with Crippen LogP contribution >= 0.6 is 11.3 Å². The standard InChI is InChI=1S/C62H39N5S/c1-6-19-40(20-7-1)47-30-18-31-48(41-21-8-2-9-22-41)56(47)45-37-52(62-65-60(42-23-10-3-11-24-42)64-61(66-62)43-25-12-4-13-26-43)58(63-39-45)44-33-34-49-50-35-36-54-57(59(50)68-55(49)38-44)51-29-16-17-32-53(51)67(54)46-27-14-5-15-28-46/h1-39H. The van der Waals surface area contributed by atoms with Gasteiger partial charge in [-0.15, -0.1) is 11.3 Å². The summed E-state index contributed by atoms with van der Waals surface area (Å²) in [5.74, 6) is 1.74. The minimum absolute atomic E-state index is 0.548. The second kappa shape index (κ2) is 16.5. The van der Waals surface area contributed by atoms with Crippen LogP contribution in [0.1, 0.15) is 0 Å². The molecule has 5 nitrogen and oxygen atoms in total. The molecule has 0 radical (unpaired) electrons. The Kier molecular flexibility index (Phi) is 9.62. The molecule has 0 unspecified atom stereocenters. The van der Waals surface area contributed by atoms with Crippen LogP contribution in [0.5, 0.6) is 0 Å². The van der Waals surface area contributed by atoms with E-state index in [2.05, 4.69) is 199 Å². The lowest BCUT2D eigenvalue weighted by molar-refractivity contribution is 1.07. The van der Waals surface area contributed by atoms with E-state index in [1.54, 1.807) is 0 Å². The van der Waals surface area contributed by atoms with E-state index in [1.165, 1.54) is 42.0 Å². The topological polar surface area (TPSA) is 56.5 Å². The first-order valence-corrected chi connectivity index (χ1v) is 23.6. The Balaban J connectivity index is 1.07. The first-order chi connectivity index (χ1) is 33.7. The van der Waals surface area contributed by atoms with Crippen LogP contribution in [0.3, 0.4) is 0 Å². The zero-order valence-electron chi connectivity index (χ0n) is 36.7. The van der Waals surface area contributed by atoms with Crippen molar-refractivity contribution in [3.8, 4) is 84.5 Å². The minimum Gasteiger partial charge on any atom is -0.309 e. The quantitative estimate of drug-likeness (QED) is 0.153. The van der Waals surface area contributed by atoms with Crippen LogP contribution in [0.25, 0.3) is 126 Å². The predicted octanol–water partition coefficient (Wildman–Crippen LogP) is 16.4. The molecule has 13 aromatic rings. The summed E-state index contributed by atoms with van der Waals surface area (Å²) < 4.78 is 4.84. The van der Waals surface area contributed by atoms with Crippen molar-refractivity contribution < 1.29 is 0 Å². The van der Waals surface area contributed by atoms with E-state index >= 15 is 0 Å². The van der Waals surface area contributed by atoms with Gasteiger partial charge in [0.05, 0.1) is 16.7 Å². The molecule has 0 N–H and O–H groups in total. The Morgan fingerprint density at radius 2 is 0.897 bits per heavy atom. The van der Waals surface area contributed by atoms with E-state index in [0.717, 1.165) is 67.0 Å². The van der Waals surface area contributed by atoms with E-state index in [-0.39, 0.29) is 0 Å². The predicted molar refractivity (Wildman–Crippen MR) is 283 cm³/mol. The van der Waals surface area contributed by atoms with Gasteiger partial charge in [0.2, 0.25) is 0 Å². The lowest BCUT2D eigenvalue weighted by atomic mass is 9.87. The molecule has 9 aromatic carbocycles. The number of hydrogen-bond acceptors (Lipinski definition) is 5. The van der Waals surface area contributed by atoms with E-state index < -0.39 is 0 Å². The van der Waals surface area contributed by atoms with E-state index in [9.17, 15) is 0 Å². The molecule has 0 spiro atoms. The normalized spacial score (nSPS) is 11.5. The molecule has 0 aliphatic heterocycles. The number of hydrogen-bond donors (Lipinski definition) is 0. The van der Waals surface area contributed by atoms with Crippen molar-refractivity contribution in [2.45, 2.75) is 0 Å². The molecule has 0 saturated heterocycles. The zero-order valence-corrected chi connectivity index (χ0v) is 37.5. The van der Waals surface area contributed by atoms with Gasteiger partial charge in [-0.3, -0.25) is 4.98 Å². The molecule has 4 heterocycles. The van der Waals surface area contributed by atoms with Gasteiger partial charge in [-0.25, -0.2) is 15.0 Å². The van der Waals surface area contributed by atoms with Crippen molar-refractivity contribution >= 4 is 53.3 Å². The summed E-state index contributed by atoms with van der Waals surface area (Å²) in [4.78, 5) is 21.2. The lowest BCUT2D eigenvalue weighted by Crippen LogP contribution is -2.02. The molecule has 0 bridgehead atoms. The number of para-hydroxylation sites is 2. The third-order valence-corrected chi connectivity index (χ3v) is 14.1. The van der Waals surface area contributed by atoms with Gasteiger partial charge in [0.25, 0.3) is 0 Å². The first-order valence-electron chi connectivity index (χ1n) is 22.8. The maximum atomic E-state index is 5.47. The van der Waals surface area contributed by atoms with Crippen LogP contribution < -0.4 is 0 Å². The molecule has 0 aliphatic rings. The molecule has 68 heavy (non-hydrogen) atoms. The molecule has 0 amide bonds. The molecule has 0 fully saturated rings. The zero-order chi connectivity index (χ0) is 45.0. The summed E-state index contributed by atoms with van der Waals surface area (Å²) in [6, 6.07) is 81.1. The number of nitrogens with zero attached hydrogens (tertiary/aromatic N) is 5. The maximum absolute atomic E-state index is 5.47. The molecule has 0 saturated carbocycles. The van der Waals surface area contributed by atoms with Crippen molar-refractivity contribution in [2.24, 2.45) is 0 Å². The molecule has 0 aliphatic carbocycles. The highest BCUT2D eigenvalue weighted by Gasteiger charge is 2.23. The number of benzene rings is 9. The summed E-state index contributed by atoms with van der Waals surface area (Å²) in [6.45, 7) is 0. The molecule has 4 aromatic heterocycles. The van der Waals surface area contributed by atoms with Crippen molar-refractivity contribution in [3.05, 3.63) is 237 Å². The highest BCUT2D eigenvalue weighted by Crippen LogP contribution is 2.46. The van der Waals surface area contributed by atoms with Gasteiger partial charge in [0, 0.05) is 70.6 Å². The highest BCUT2D eigenvalue weighted by molar-refractivity contribution is 7.26. The summed E-state index contributed by atoms with van der Waals surface area (Å²) in [5.41, 5.74) is 14.5. The van der Waals surface area contributed by atoms with Gasteiger partial charge in [-0.2, -0.15) is 0 Å². The van der Waals surface area contributed by atoms with Crippen molar-refractivity contribution in [3.63, 3.8) is 0 Å². The lowest BCUT2D eigenvalue weighted by Gasteiger charge is -2.18. The minimum atomic E-state index is 0.548. The molecular weight excluding hydrogens is 847 g/mol. The van der Waals surface area contributed by atoms with Gasteiger partial charge < -0.3 is 4.57 Å². The van der Waals surface area contributed by atoms with Gasteiger partial charge in [-0.05, 0) is 64.2 Å². The summed E-state index contributed by atoms with van der Waals surface area (Å²) in [5, 5.41) is 4.97. The van der Waals surface area contributed by atoms with Gasteiger partial charge in [0.15, 0.2) is 17.5 Å². The molecule has 318 valence electrons. The average Bonchev–Trinajstić information content (AvgIpc) is 3.97. The monoisotopic (exact) mass is 885 g/mol. The van der Waals surface area contributed by atoms with Crippen molar-refractivity contribution in [1.29, 1.82) is 0 Å². The van der Waals surface area contributed by atoms with Crippen LogP contribution in [0.4, 0.5) is 0 Å². The van der Waals surface area contributed by atoms with E-state index in [1.807, 2.05) is 53.9 Å². The van der Waals surface area contributed by atoms with Crippen LogP contribution in [-0.4, -0.2) is 24.5 Å². The Hall–Kier alpha value is -8.84. The molecule has 0 atom stereocenters. The molecular formula is C62H39N5S. The SMILES string of the molecule is c1ccc(-c2nc(-c3ccccc3)nc(-c3cc(-c4c(-c5ccccc5)cccc4-c4ccccc4)cnc3-c3ccc4c(c3)sc3c4ccc4c3c3ccccc3n4-c3ccccc3)n2)cc1. The van der Waals surface area contributed by atoms with Crippen LogP contribution in [0, 0.1) is 0 Å². The number of aromatic nitrogens is 5. The number of fused-ring (bicyclic) bond motifs is 7. The fourth-order valence-electron chi connectivity index (χ4n) is 9.80. The van der Waals surface area contributed by atoms with E-state index in [4.69, 9.17) is 19.9 Å². The van der Waals surface area contributed by atoms with Gasteiger partial charge in [0.1, 0.15) is 0 Å². The Morgan fingerprint density at radius 1 is 0.353 bits per heavy atom. The van der Waals surface area contributed by atoms with Crippen LogP contribution in [0.15, 0.2) is 237 Å². The number of rotatable bonds is 8. The van der Waals surface area contributed by atoms with E-state index in [0.29, 0.717) is 17.5 Å². The Bertz CT molecular complexity index is 3880. The third-order valence-electron chi connectivity index (χ3n) is 12.9. The highest BCUT2D eigenvalue weighted by atomic mass is 32.1. The Morgan fingerprint density at radius 3 is 1.53 bits per heavy atom. The molecule has 6 heteroatoms. The average molecular weight is 886 g/mol. The van der Waals surface area contributed by atoms with Gasteiger partial charge >= 0.3 is 0 Å². The van der Waals surface area contributed by atoms with Crippen LogP contribution in [0.2, 0.25) is 0 Å². The fourth-order valence-corrected chi connectivity index (χ4v) is 11.1. The fraction of sp³-hybridized carbons (Fsp3) is 0. The van der Waals surface area contributed by atoms with Gasteiger partial charge in [-0.1, -0.05) is 194 Å². The summed E-state index contributed by atoms with van der Waals surface area (Å²) >= 11 is 1.84. The number of pyridine rings is 1. The second-order valence-corrected chi connectivity index (χ2v) is 18.0. The summed E-state index contributed by atoms with van der Waals surface area (Å²) in [6.07, 6.45) is 2.03. The van der Waals surface area contributed by atoms with Crippen molar-refractivity contribution in [2.75, 3.05) is 0 Å². The first kappa shape index (κ1) is 39.5. The largest absolute Gasteiger partial charge is 0.309 e. The van der Waals surface area contributed by atoms with Crippen LogP contribution in [-0.2, 0) is 0 Å². The second-order valence-electron chi connectivity index (χ2n) is 17.0. The Labute approximate surface area is 397 Å². The summed E-state index contributed by atoms with van der Waals surface area (Å²) in [7, 11) is 0. The third kappa shape index (κ3) is 6.77. The van der Waals surface area contributed by atoms with Crippen molar-refractivity contribution in [1.82, 2.24) is 24.5 Å². The maximum Gasteiger partial charge on any atom is 0.166 e. The smallest absolute Gasteiger partial charge is 0.166 e. The number of thiophene rings is 1.